The lowest BCUT2D eigenvalue weighted by Gasteiger charge is -2.30. The zero-order valence-electron chi connectivity index (χ0n) is 12.5. The first-order valence-electron chi connectivity index (χ1n) is 7.88. The van der Waals surface area contributed by atoms with Crippen molar-refractivity contribution in [3.63, 3.8) is 0 Å². The Kier molecular flexibility index (Phi) is 4.39. The lowest BCUT2D eigenvalue weighted by molar-refractivity contribution is 0.0343. The maximum absolute atomic E-state index is 5.40. The molecule has 2 aliphatic rings. The summed E-state index contributed by atoms with van der Waals surface area (Å²) in [4.78, 5) is 2.50. The minimum Gasteiger partial charge on any atom is -0.379 e. The summed E-state index contributed by atoms with van der Waals surface area (Å²) < 4.78 is 5.40. The van der Waals surface area contributed by atoms with Crippen molar-refractivity contribution in [2.45, 2.75) is 31.2 Å². The van der Waals surface area contributed by atoms with Gasteiger partial charge in [-0.05, 0) is 25.3 Å². The first-order chi connectivity index (χ1) is 9.78. The highest BCUT2D eigenvalue weighted by Crippen LogP contribution is 2.47. The van der Waals surface area contributed by atoms with Crippen LogP contribution in [-0.2, 0) is 10.2 Å². The number of nitrogens with zero attached hydrogens (tertiary/aromatic N) is 1. The van der Waals surface area contributed by atoms with E-state index in [0.29, 0.717) is 11.5 Å². The SMILES string of the molecule is CC(CN1CCOCC1)NCC1(c2ccccc2)CC1. The molecular weight excluding hydrogens is 248 g/mol. The van der Waals surface area contributed by atoms with Crippen molar-refractivity contribution in [3.8, 4) is 0 Å². The monoisotopic (exact) mass is 274 g/mol. The van der Waals surface area contributed by atoms with Gasteiger partial charge in [0.25, 0.3) is 0 Å². The third-order valence-electron chi connectivity index (χ3n) is 4.66. The number of hydrogen-bond donors (Lipinski definition) is 1. The molecule has 3 rings (SSSR count). The Hall–Kier alpha value is -0.900. The van der Waals surface area contributed by atoms with Gasteiger partial charge in [-0.3, -0.25) is 4.90 Å². The first-order valence-corrected chi connectivity index (χ1v) is 7.88. The van der Waals surface area contributed by atoms with E-state index in [1.54, 1.807) is 0 Å². The van der Waals surface area contributed by atoms with Crippen molar-refractivity contribution < 1.29 is 4.74 Å². The molecule has 1 N–H and O–H groups in total. The average Bonchev–Trinajstić information content (AvgIpc) is 3.28. The topological polar surface area (TPSA) is 24.5 Å². The van der Waals surface area contributed by atoms with Gasteiger partial charge in [0.1, 0.15) is 0 Å². The minimum absolute atomic E-state index is 0.417. The molecule has 1 aliphatic carbocycles. The van der Waals surface area contributed by atoms with Crippen molar-refractivity contribution >= 4 is 0 Å². The fraction of sp³-hybridized carbons (Fsp3) is 0.647. The summed E-state index contributed by atoms with van der Waals surface area (Å²) in [5.74, 6) is 0. The van der Waals surface area contributed by atoms with Crippen molar-refractivity contribution in [1.29, 1.82) is 0 Å². The van der Waals surface area contributed by atoms with Crippen LogP contribution in [0.4, 0.5) is 0 Å². The number of benzene rings is 1. The third kappa shape index (κ3) is 3.40. The van der Waals surface area contributed by atoms with Gasteiger partial charge in [0.2, 0.25) is 0 Å². The van der Waals surface area contributed by atoms with E-state index in [0.717, 1.165) is 39.4 Å². The number of morpholine rings is 1. The van der Waals surface area contributed by atoms with Crippen LogP contribution in [0.3, 0.4) is 0 Å². The van der Waals surface area contributed by atoms with Crippen molar-refractivity contribution in [2.24, 2.45) is 0 Å². The molecule has 1 saturated carbocycles. The van der Waals surface area contributed by atoms with Crippen LogP contribution in [0.5, 0.6) is 0 Å². The summed E-state index contributed by atoms with van der Waals surface area (Å²) in [6, 6.07) is 11.5. The number of rotatable bonds is 6. The van der Waals surface area contributed by atoms with Gasteiger partial charge >= 0.3 is 0 Å². The second kappa shape index (κ2) is 6.25. The van der Waals surface area contributed by atoms with E-state index >= 15 is 0 Å². The highest BCUT2D eigenvalue weighted by molar-refractivity contribution is 5.31. The van der Waals surface area contributed by atoms with E-state index < -0.39 is 0 Å². The fourth-order valence-electron chi connectivity index (χ4n) is 3.12. The Balaban J connectivity index is 1.47. The molecule has 110 valence electrons. The van der Waals surface area contributed by atoms with Crippen molar-refractivity contribution in [2.75, 3.05) is 39.4 Å². The Labute approximate surface area is 122 Å². The normalized spacial score (nSPS) is 23.4. The van der Waals surface area contributed by atoms with Gasteiger partial charge in [-0.15, -0.1) is 0 Å². The second-order valence-electron chi connectivity index (χ2n) is 6.34. The molecule has 1 saturated heterocycles. The van der Waals surface area contributed by atoms with E-state index in [4.69, 9.17) is 4.74 Å². The molecule has 3 nitrogen and oxygen atoms in total. The molecule has 1 aliphatic heterocycles. The predicted octanol–water partition coefficient (Wildman–Crippen LogP) is 2.03. The van der Waals surface area contributed by atoms with E-state index in [1.807, 2.05) is 0 Å². The Bertz CT molecular complexity index is 410. The van der Waals surface area contributed by atoms with E-state index in [2.05, 4.69) is 47.5 Å². The molecule has 1 aromatic rings. The van der Waals surface area contributed by atoms with Crippen molar-refractivity contribution in [1.82, 2.24) is 10.2 Å². The standard InChI is InChI=1S/C17H26N2O/c1-15(13-19-9-11-20-12-10-19)18-14-17(7-8-17)16-5-3-2-4-6-16/h2-6,15,18H,7-14H2,1H3. The maximum Gasteiger partial charge on any atom is 0.0594 e. The summed E-state index contributed by atoms with van der Waals surface area (Å²) in [5.41, 5.74) is 1.92. The van der Waals surface area contributed by atoms with Crippen LogP contribution in [0.1, 0.15) is 25.3 Å². The van der Waals surface area contributed by atoms with Gasteiger partial charge in [-0.25, -0.2) is 0 Å². The van der Waals surface area contributed by atoms with Gasteiger partial charge in [-0.2, -0.15) is 0 Å². The zero-order chi connectivity index (χ0) is 13.8. The Morgan fingerprint density at radius 1 is 1.20 bits per heavy atom. The highest BCUT2D eigenvalue weighted by Gasteiger charge is 2.43. The van der Waals surface area contributed by atoms with Gasteiger partial charge in [-0.1, -0.05) is 30.3 Å². The van der Waals surface area contributed by atoms with E-state index in [9.17, 15) is 0 Å². The summed E-state index contributed by atoms with van der Waals surface area (Å²) in [6.07, 6.45) is 2.66. The summed E-state index contributed by atoms with van der Waals surface area (Å²) in [5, 5.41) is 3.75. The van der Waals surface area contributed by atoms with Crippen LogP contribution in [-0.4, -0.2) is 50.3 Å². The van der Waals surface area contributed by atoms with Gasteiger partial charge in [0.05, 0.1) is 13.2 Å². The molecular formula is C17H26N2O. The first kappa shape index (κ1) is 14.1. The molecule has 1 atom stereocenters. The summed E-state index contributed by atoms with van der Waals surface area (Å²) in [6.45, 7) is 8.49. The smallest absolute Gasteiger partial charge is 0.0594 e. The fourth-order valence-corrected chi connectivity index (χ4v) is 3.12. The number of ether oxygens (including phenoxy) is 1. The van der Waals surface area contributed by atoms with Crippen LogP contribution in [0, 0.1) is 0 Å². The Morgan fingerprint density at radius 2 is 1.90 bits per heavy atom. The van der Waals surface area contributed by atoms with Crippen LogP contribution < -0.4 is 5.32 Å². The van der Waals surface area contributed by atoms with Gasteiger partial charge in [0, 0.05) is 37.6 Å². The summed E-state index contributed by atoms with van der Waals surface area (Å²) in [7, 11) is 0. The molecule has 0 bridgehead atoms. The van der Waals surface area contributed by atoms with Crippen LogP contribution in [0.15, 0.2) is 30.3 Å². The molecule has 20 heavy (non-hydrogen) atoms. The lowest BCUT2D eigenvalue weighted by atomic mass is 9.96. The molecule has 3 heteroatoms. The molecule has 1 aromatic carbocycles. The molecule has 1 unspecified atom stereocenters. The minimum atomic E-state index is 0.417. The van der Waals surface area contributed by atoms with Crippen LogP contribution in [0.25, 0.3) is 0 Å². The molecule has 2 fully saturated rings. The summed E-state index contributed by atoms with van der Waals surface area (Å²) >= 11 is 0. The van der Waals surface area contributed by atoms with Gasteiger partial charge in [0.15, 0.2) is 0 Å². The van der Waals surface area contributed by atoms with E-state index in [-0.39, 0.29) is 0 Å². The predicted molar refractivity (Wildman–Crippen MR) is 82.1 cm³/mol. The molecule has 0 spiro atoms. The molecule has 0 amide bonds. The molecule has 0 aromatic heterocycles. The number of nitrogens with one attached hydrogen (secondary N) is 1. The largest absolute Gasteiger partial charge is 0.379 e. The maximum atomic E-state index is 5.40. The van der Waals surface area contributed by atoms with Crippen LogP contribution in [0.2, 0.25) is 0 Å². The van der Waals surface area contributed by atoms with Crippen molar-refractivity contribution in [3.05, 3.63) is 35.9 Å². The Morgan fingerprint density at radius 3 is 2.55 bits per heavy atom. The van der Waals surface area contributed by atoms with Crippen LogP contribution >= 0.6 is 0 Å². The second-order valence-corrected chi connectivity index (χ2v) is 6.34. The van der Waals surface area contributed by atoms with E-state index in [1.165, 1.54) is 18.4 Å². The number of hydrogen-bond acceptors (Lipinski definition) is 3. The molecule has 1 heterocycles. The highest BCUT2D eigenvalue weighted by atomic mass is 16.5. The zero-order valence-corrected chi connectivity index (χ0v) is 12.5. The lowest BCUT2D eigenvalue weighted by Crippen LogP contribution is -2.46. The average molecular weight is 274 g/mol. The quantitative estimate of drug-likeness (QED) is 0.859. The molecule has 0 radical (unpaired) electrons. The van der Waals surface area contributed by atoms with Gasteiger partial charge < -0.3 is 10.1 Å². The third-order valence-corrected chi connectivity index (χ3v) is 4.66.